The molecule has 0 heteroatoms. The molecule has 0 atom stereocenters. The van der Waals surface area contributed by atoms with E-state index in [1.165, 1.54) is 89.0 Å². The number of rotatable bonds is 3. The molecule has 2 aliphatic carbocycles. The van der Waals surface area contributed by atoms with Crippen LogP contribution in [0.2, 0.25) is 0 Å². The van der Waals surface area contributed by atoms with Crippen molar-refractivity contribution in [1.82, 2.24) is 0 Å². The molecule has 7 aromatic carbocycles. The van der Waals surface area contributed by atoms with Crippen molar-refractivity contribution < 1.29 is 0 Å². The summed E-state index contributed by atoms with van der Waals surface area (Å²) in [6.45, 7) is 0. The summed E-state index contributed by atoms with van der Waals surface area (Å²) < 4.78 is 0. The smallest absolute Gasteiger partial charge is 0.00134 e. The first-order valence-corrected chi connectivity index (χ1v) is 15.3. The lowest BCUT2D eigenvalue weighted by molar-refractivity contribution is 1.58. The zero-order valence-electron chi connectivity index (χ0n) is 24.2. The molecule has 7 aromatic rings. The Balaban J connectivity index is 1.37. The van der Waals surface area contributed by atoms with Crippen LogP contribution in [0.5, 0.6) is 0 Å². The van der Waals surface area contributed by atoms with Crippen LogP contribution in [-0.2, 0) is 0 Å². The summed E-state index contributed by atoms with van der Waals surface area (Å²) in [6, 6.07) is 62.2. The van der Waals surface area contributed by atoms with Crippen LogP contribution in [0.15, 0.2) is 170 Å². The van der Waals surface area contributed by atoms with E-state index in [1.807, 2.05) is 0 Å². The van der Waals surface area contributed by atoms with Gasteiger partial charge in [-0.2, -0.15) is 0 Å². The molecule has 0 aliphatic heterocycles. The van der Waals surface area contributed by atoms with Crippen molar-refractivity contribution >= 4 is 11.1 Å². The van der Waals surface area contributed by atoms with E-state index in [0.717, 1.165) is 0 Å². The Kier molecular flexibility index (Phi) is 5.61. The molecule has 0 saturated heterocycles. The van der Waals surface area contributed by atoms with Gasteiger partial charge in [-0.25, -0.2) is 0 Å². The maximum atomic E-state index is 2.41. The first-order chi connectivity index (χ1) is 21.8. The zero-order valence-corrected chi connectivity index (χ0v) is 24.2. The predicted octanol–water partition coefficient (Wildman–Crippen LogP) is 11.7. The van der Waals surface area contributed by atoms with E-state index in [2.05, 4.69) is 170 Å². The van der Waals surface area contributed by atoms with Gasteiger partial charge < -0.3 is 0 Å². The lowest BCUT2D eigenvalue weighted by atomic mass is 9.89. The van der Waals surface area contributed by atoms with Crippen molar-refractivity contribution in [2.24, 2.45) is 0 Å². The van der Waals surface area contributed by atoms with Crippen LogP contribution in [0.1, 0.15) is 22.3 Å². The Morgan fingerprint density at radius 2 is 0.477 bits per heavy atom. The van der Waals surface area contributed by atoms with E-state index in [0.29, 0.717) is 0 Å². The summed E-state index contributed by atoms with van der Waals surface area (Å²) in [5, 5.41) is 0. The first-order valence-electron chi connectivity index (χ1n) is 15.3. The topological polar surface area (TPSA) is 0 Å². The molecule has 204 valence electrons. The van der Waals surface area contributed by atoms with Gasteiger partial charge in [0.25, 0.3) is 0 Å². The molecule has 9 rings (SSSR count). The molecule has 0 fully saturated rings. The van der Waals surface area contributed by atoms with E-state index >= 15 is 0 Å². The van der Waals surface area contributed by atoms with Crippen LogP contribution in [0.3, 0.4) is 0 Å². The second-order valence-corrected chi connectivity index (χ2v) is 11.7. The molecule has 0 amide bonds. The fourth-order valence-corrected chi connectivity index (χ4v) is 7.15. The average molecular weight is 557 g/mol. The summed E-state index contributed by atoms with van der Waals surface area (Å²) in [6.07, 6.45) is 0. The highest BCUT2D eigenvalue weighted by molar-refractivity contribution is 6.19. The summed E-state index contributed by atoms with van der Waals surface area (Å²) in [5.41, 5.74) is 20.5. The van der Waals surface area contributed by atoms with Crippen LogP contribution in [0, 0.1) is 0 Å². The van der Waals surface area contributed by atoms with Gasteiger partial charge in [-0.15, -0.1) is 0 Å². The van der Waals surface area contributed by atoms with Crippen LogP contribution >= 0.6 is 0 Å². The summed E-state index contributed by atoms with van der Waals surface area (Å²) in [4.78, 5) is 0. The van der Waals surface area contributed by atoms with E-state index in [4.69, 9.17) is 0 Å². The Labute approximate surface area is 258 Å². The molecule has 0 saturated carbocycles. The average Bonchev–Trinajstić information content (AvgIpc) is 3.60. The summed E-state index contributed by atoms with van der Waals surface area (Å²) >= 11 is 0. The normalized spacial score (nSPS) is 12.5. The van der Waals surface area contributed by atoms with Crippen molar-refractivity contribution in [3.63, 3.8) is 0 Å². The van der Waals surface area contributed by atoms with Crippen LogP contribution in [0.25, 0.3) is 66.8 Å². The number of benzene rings is 7. The lowest BCUT2D eigenvalue weighted by Crippen LogP contribution is -1.92. The summed E-state index contributed by atoms with van der Waals surface area (Å²) in [7, 11) is 0. The third-order valence-corrected chi connectivity index (χ3v) is 9.21. The second-order valence-electron chi connectivity index (χ2n) is 11.7. The molecule has 0 unspecified atom stereocenters. The molecule has 0 aromatic heterocycles. The monoisotopic (exact) mass is 556 g/mol. The number of hydrogen-bond acceptors (Lipinski definition) is 0. The molecule has 44 heavy (non-hydrogen) atoms. The standard InChI is InChI=1S/C44H28/c1-4-12-29(13-5-1)32-20-23-36-35-18-10-11-19-39(35)43(40(36)26-32)44-41-27-33(30-14-6-2-7-15-30)21-24-37(41)38-25-22-34(28-42(38)44)31-16-8-3-9-17-31/h1-28H. The molecular formula is C44H28. The van der Waals surface area contributed by atoms with E-state index in [9.17, 15) is 0 Å². The molecule has 0 radical (unpaired) electrons. The third-order valence-electron chi connectivity index (χ3n) is 9.21. The van der Waals surface area contributed by atoms with Crippen LogP contribution in [-0.4, -0.2) is 0 Å². The fourth-order valence-electron chi connectivity index (χ4n) is 7.15. The predicted molar refractivity (Wildman–Crippen MR) is 185 cm³/mol. The van der Waals surface area contributed by atoms with Crippen molar-refractivity contribution in [2.75, 3.05) is 0 Å². The largest absolute Gasteiger partial charge is 0.0622 e. The van der Waals surface area contributed by atoms with Gasteiger partial charge >= 0.3 is 0 Å². The maximum absolute atomic E-state index is 2.41. The Hall–Kier alpha value is -5.72. The molecule has 0 spiro atoms. The molecule has 2 aliphatic rings. The SMILES string of the molecule is c1ccc(-c2ccc3c(c2)C(=C2c4cc(-c5ccccc5)ccc4-c4ccc(-c5ccccc5)cc42)c2ccccc2-3)cc1. The Morgan fingerprint density at radius 3 is 0.864 bits per heavy atom. The van der Waals surface area contributed by atoms with E-state index in [1.54, 1.807) is 0 Å². The van der Waals surface area contributed by atoms with Crippen LogP contribution in [0.4, 0.5) is 0 Å². The van der Waals surface area contributed by atoms with Gasteiger partial charge in [0.1, 0.15) is 0 Å². The highest BCUT2D eigenvalue weighted by Crippen LogP contribution is 2.55. The van der Waals surface area contributed by atoms with Gasteiger partial charge in [0.2, 0.25) is 0 Å². The summed E-state index contributed by atoms with van der Waals surface area (Å²) in [5.74, 6) is 0. The quantitative estimate of drug-likeness (QED) is 0.203. The van der Waals surface area contributed by atoms with Gasteiger partial charge in [0, 0.05) is 0 Å². The van der Waals surface area contributed by atoms with Gasteiger partial charge in [0.15, 0.2) is 0 Å². The van der Waals surface area contributed by atoms with Crippen molar-refractivity contribution in [3.05, 3.63) is 192 Å². The van der Waals surface area contributed by atoms with Crippen molar-refractivity contribution in [2.45, 2.75) is 0 Å². The fraction of sp³-hybridized carbons (Fsp3) is 0. The minimum Gasteiger partial charge on any atom is -0.0622 e. The minimum absolute atomic E-state index is 1.24. The lowest BCUT2D eigenvalue weighted by Gasteiger charge is -2.14. The highest BCUT2D eigenvalue weighted by atomic mass is 14.4. The molecule has 0 heterocycles. The zero-order chi connectivity index (χ0) is 29.0. The van der Waals surface area contributed by atoms with Crippen LogP contribution < -0.4 is 0 Å². The van der Waals surface area contributed by atoms with E-state index < -0.39 is 0 Å². The maximum Gasteiger partial charge on any atom is -0.00134 e. The Bertz CT molecular complexity index is 2150. The number of hydrogen-bond donors (Lipinski definition) is 0. The molecule has 0 nitrogen and oxygen atoms in total. The van der Waals surface area contributed by atoms with Crippen molar-refractivity contribution in [3.8, 4) is 55.6 Å². The minimum atomic E-state index is 1.24. The molecular weight excluding hydrogens is 528 g/mol. The molecule has 0 N–H and O–H groups in total. The number of fused-ring (bicyclic) bond motifs is 6. The van der Waals surface area contributed by atoms with Gasteiger partial charge in [-0.05, 0) is 107 Å². The van der Waals surface area contributed by atoms with Gasteiger partial charge in [-0.1, -0.05) is 152 Å². The van der Waals surface area contributed by atoms with E-state index in [-0.39, 0.29) is 0 Å². The second kappa shape index (κ2) is 9.93. The Morgan fingerprint density at radius 1 is 0.182 bits per heavy atom. The van der Waals surface area contributed by atoms with Crippen molar-refractivity contribution in [1.29, 1.82) is 0 Å². The third kappa shape index (κ3) is 3.85. The van der Waals surface area contributed by atoms with Gasteiger partial charge in [0.05, 0.1) is 0 Å². The first kappa shape index (κ1) is 24.8. The molecule has 0 bridgehead atoms. The van der Waals surface area contributed by atoms with Gasteiger partial charge in [-0.3, -0.25) is 0 Å². The highest BCUT2D eigenvalue weighted by Gasteiger charge is 2.33.